The fourth-order valence-corrected chi connectivity index (χ4v) is 2.75. The van der Waals surface area contributed by atoms with Crippen molar-refractivity contribution in [3.05, 3.63) is 0 Å². The van der Waals surface area contributed by atoms with E-state index in [1.807, 2.05) is 0 Å². The molecule has 0 aliphatic carbocycles. The predicted octanol–water partition coefficient (Wildman–Crippen LogP) is 6.62. The van der Waals surface area contributed by atoms with Gasteiger partial charge in [-0.05, 0) is 6.42 Å². The first kappa shape index (κ1) is 17.8. The zero-order valence-corrected chi connectivity index (χ0v) is 12.9. The molecule has 0 aliphatic heterocycles. The molecule has 17 heavy (non-hydrogen) atoms. The molecule has 1 atom stereocenters. The Morgan fingerprint density at radius 1 is 0.941 bits per heavy atom. The lowest BCUT2D eigenvalue weighted by atomic mass is 10.1. The first-order valence-electron chi connectivity index (χ1n) is 6.66. The summed E-state index contributed by atoms with van der Waals surface area (Å²) in [5, 5.41) is -0.255. The zero-order valence-electron chi connectivity index (χ0n) is 10.7. The third-order valence-corrected chi connectivity index (χ3v) is 3.50. The molecule has 0 radical (unpaired) electrons. The maximum absolute atomic E-state index is 12.8. The van der Waals surface area contributed by atoms with Crippen LogP contribution in [0.25, 0.3) is 0 Å². The summed E-state index contributed by atoms with van der Waals surface area (Å²) in [7, 11) is 0. The number of rotatable bonds is 11. The van der Waals surface area contributed by atoms with Gasteiger partial charge in [0, 0.05) is 11.8 Å². The Kier molecular flexibility index (Phi) is 11.2. The smallest absolute Gasteiger partial charge is 0.208 e. The van der Waals surface area contributed by atoms with Gasteiger partial charge in [0.1, 0.15) is 0 Å². The Labute approximate surface area is 120 Å². The molecule has 4 heteroatoms. The van der Waals surface area contributed by atoms with Gasteiger partial charge in [0.05, 0.1) is 0 Å². The van der Waals surface area contributed by atoms with E-state index in [0.29, 0.717) is 0 Å². The van der Waals surface area contributed by atoms with Crippen LogP contribution >= 0.6 is 34.8 Å². The van der Waals surface area contributed by atoms with E-state index in [1.165, 1.54) is 44.9 Å². The molecule has 0 rings (SSSR count). The number of alkyl halides is 4. The van der Waals surface area contributed by atoms with Crippen LogP contribution < -0.4 is 0 Å². The van der Waals surface area contributed by atoms with Crippen molar-refractivity contribution in [3.63, 3.8) is 0 Å². The van der Waals surface area contributed by atoms with E-state index < -0.39 is 4.59 Å². The molecule has 0 nitrogen and oxygen atoms in total. The van der Waals surface area contributed by atoms with E-state index in [1.54, 1.807) is 0 Å². The van der Waals surface area contributed by atoms with Crippen molar-refractivity contribution in [3.8, 4) is 0 Å². The van der Waals surface area contributed by atoms with Crippen LogP contribution in [0.2, 0.25) is 0 Å². The van der Waals surface area contributed by atoms with Crippen LogP contribution in [0.15, 0.2) is 0 Å². The lowest BCUT2D eigenvalue weighted by Gasteiger charge is -2.13. The van der Waals surface area contributed by atoms with Crippen LogP contribution in [-0.4, -0.2) is 9.96 Å². The second-order valence-electron chi connectivity index (χ2n) is 4.68. The zero-order chi connectivity index (χ0) is 13.1. The molecule has 104 valence electrons. The van der Waals surface area contributed by atoms with Crippen LogP contribution in [0.1, 0.15) is 71.1 Å². The molecule has 0 bridgehead atoms. The van der Waals surface area contributed by atoms with E-state index in [2.05, 4.69) is 6.92 Å². The van der Waals surface area contributed by atoms with E-state index >= 15 is 0 Å². The normalized spacial score (nSPS) is 13.9. The van der Waals surface area contributed by atoms with Gasteiger partial charge in [-0.1, -0.05) is 81.5 Å². The number of unbranched alkanes of at least 4 members (excludes halogenated alkanes) is 7. The summed E-state index contributed by atoms with van der Waals surface area (Å²) in [6.45, 7) is 2.22. The van der Waals surface area contributed by atoms with Gasteiger partial charge in [-0.15, -0.1) is 11.6 Å². The fourth-order valence-electron chi connectivity index (χ4n) is 1.85. The molecule has 0 spiro atoms. The third kappa shape index (κ3) is 14.7. The quantitative estimate of drug-likeness (QED) is 0.297. The molecular formula is C13H24Cl3F. The maximum Gasteiger partial charge on any atom is 0.258 e. The molecule has 0 N–H and O–H groups in total. The summed E-state index contributed by atoms with van der Waals surface area (Å²) in [4.78, 5) is 0. The molecule has 0 saturated carbocycles. The predicted molar refractivity (Wildman–Crippen MR) is 77.0 cm³/mol. The van der Waals surface area contributed by atoms with E-state index in [-0.39, 0.29) is 11.8 Å². The minimum absolute atomic E-state index is 0.00810. The highest BCUT2D eigenvalue weighted by Gasteiger charge is 2.25. The van der Waals surface area contributed by atoms with Gasteiger partial charge in [0.2, 0.25) is 0 Å². The molecule has 0 amide bonds. The summed E-state index contributed by atoms with van der Waals surface area (Å²) in [6, 6.07) is 0. The van der Waals surface area contributed by atoms with Crippen molar-refractivity contribution in [2.24, 2.45) is 0 Å². The average Bonchev–Trinajstić information content (AvgIpc) is 2.19. The Hall–Kier alpha value is 0.800. The number of halogens is 4. The lowest BCUT2D eigenvalue weighted by Crippen LogP contribution is -2.12. The third-order valence-electron chi connectivity index (χ3n) is 2.82. The SMILES string of the molecule is CCCCCCCCCCC(Cl)CC(F)(Cl)Cl. The summed E-state index contributed by atoms with van der Waals surface area (Å²) >= 11 is 16.4. The van der Waals surface area contributed by atoms with Gasteiger partial charge >= 0.3 is 0 Å². The van der Waals surface area contributed by atoms with Gasteiger partial charge in [-0.2, -0.15) is 0 Å². The minimum Gasteiger partial charge on any atom is -0.208 e. The van der Waals surface area contributed by atoms with Gasteiger partial charge < -0.3 is 0 Å². The molecule has 0 aromatic rings. The number of hydrogen-bond donors (Lipinski definition) is 0. The summed E-state index contributed by atoms with van der Waals surface area (Å²) in [5.74, 6) is 0. The highest BCUT2D eigenvalue weighted by molar-refractivity contribution is 6.47. The van der Waals surface area contributed by atoms with Crippen LogP contribution in [0, 0.1) is 0 Å². The van der Waals surface area contributed by atoms with Gasteiger partial charge in [-0.3, -0.25) is 0 Å². The van der Waals surface area contributed by atoms with Crippen LogP contribution in [0.4, 0.5) is 4.39 Å². The Morgan fingerprint density at radius 2 is 1.41 bits per heavy atom. The molecule has 0 saturated heterocycles. The summed E-state index contributed by atoms with van der Waals surface area (Å²) in [6.07, 6.45) is 10.8. The van der Waals surface area contributed by atoms with Crippen molar-refractivity contribution in [2.75, 3.05) is 0 Å². The van der Waals surface area contributed by atoms with E-state index in [4.69, 9.17) is 34.8 Å². The van der Waals surface area contributed by atoms with Crippen molar-refractivity contribution in [1.29, 1.82) is 0 Å². The van der Waals surface area contributed by atoms with Crippen molar-refractivity contribution in [1.82, 2.24) is 0 Å². The summed E-state index contributed by atoms with van der Waals surface area (Å²) in [5.41, 5.74) is 0. The second-order valence-corrected chi connectivity index (χ2v) is 6.69. The molecule has 0 aliphatic rings. The highest BCUT2D eigenvalue weighted by atomic mass is 35.5. The second kappa shape index (κ2) is 10.7. The molecule has 0 heterocycles. The highest BCUT2D eigenvalue weighted by Crippen LogP contribution is 2.31. The van der Waals surface area contributed by atoms with Gasteiger partial charge in [-0.25, -0.2) is 4.39 Å². The van der Waals surface area contributed by atoms with Crippen LogP contribution in [0.3, 0.4) is 0 Å². The first-order valence-corrected chi connectivity index (χ1v) is 7.85. The Morgan fingerprint density at radius 3 is 1.88 bits per heavy atom. The maximum atomic E-state index is 12.8. The minimum atomic E-state index is -2.17. The monoisotopic (exact) mass is 304 g/mol. The number of hydrogen-bond acceptors (Lipinski definition) is 0. The van der Waals surface area contributed by atoms with Gasteiger partial charge in [0.15, 0.2) is 0 Å². The molecule has 0 aromatic heterocycles. The average molecular weight is 306 g/mol. The topological polar surface area (TPSA) is 0 Å². The van der Waals surface area contributed by atoms with Crippen LogP contribution in [-0.2, 0) is 0 Å². The molecule has 0 aromatic carbocycles. The van der Waals surface area contributed by atoms with E-state index in [0.717, 1.165) is 12.8 Å². The van der Waals surface area contributed by atoms with Crippen molar-refractivity contribution in [2.45, 2.75) is 81.1 Å². The van der Waals surface area contributed by atoms with Crippen LogP contribution in [0.5, 0.6) is 0 Å². The largest absolute Gasteiger partial charge is 0.258 e. The lowest BCUT2D eigenvalue weighted by molar-refractivity contribution is 0.359. The molecule has 0 fully saturated rings. The van der Waals surface area contributed by atoms with Gasteiger partial charge in [0.25, 0.3) is 4.59 Å². The molecule has 1 unspecified atom stereocenters. The van der Waals surface area contributed by atoms with Crippen molar-refractivity contribution >= 4 is 34.8 Å². The fraction of sp³-hybridized carbons (Fsp3) is 1.00. The van der Waals surface area contributed by atoms with Crippen molar-refractivity contribution < 1.29 is 4.39 Å². The Bertz CT molecular complexity index is 169. The summed E-state index contributed by atoms with van der Waals surface area (Å²) < 4.78 is 10.7. The molecular weight excluding hydrogens is 282 g/mol. The first-order chi connectivity index (χ1) is 7.95. The standard InChI is InChI=1S/C13H24Cl3F/c1-2-3-4-5-6-7-8-9-10-12(14)11-13(15,16)17/h12H,2-11H2,1H3. The Balaban J connectivity index is 3.22. The van der Waals surface area contributed by atoms with E-state index in [9.17, 15) is 4.39 Å².